The Labute approximate surface area is 137 Å². The molecule has 0 bridgehead atoms. The van der Waals surface area contributed by atoms with Crippen LogP contribution in [0.3, 0.4) is 0 Å². The molecular weight excluding hydrogens is 404 g/mol. The molecule has 0 radical (unpaired) electrons. The third-order valence-corrected chi connectivity index (χ3v) is 4.11. The summed E-state index contributed by atoms with van der Waals surface area (Å²) < 4.78 is 1.41. The number of benzene rings is 2. The molecular formula is C14H10Br2N2O3. The van der Waals surface area contributed by atoms with E-state index in [0.717, 1.165) is 4.47 Å². The number of hydrogen-bond donors (Lipinski definition) is 1. The molecule has 0 saturated heterocycles. The van der Waals surface area contributed by atoms with E-state index < -0.39 is 4.92 Å². The van der Waals surface area contributed by atoms with Crippen LogP contribution in [0.25, 0.3) is 0 Å². The van der Waals surface area contributed by atoms with Crippen LogP contribution in [0.15, 0.2) is 45.3 Å². The van der Waals surface area contributed by atoms with Gasteiger partial charge in [0.05, 0.1) is 21.7 Å². The molecule has 0 aliphatic heterocycles. The number of nitrogens with one attached hydrogen (secondary N) is 1. The Morgan fingerprint density at radius 2 is 1.95 bits per heavy atom. The molecule has 0 aromatic heterocycles. The number of nitro groups is 1. The van der Waals surface area contributed by atoms with Crippen LogP contribution in [-0.2, 0) is 0 Å². The van der Waals surface area contributed by atoms with Gasteiger partial charge < -0.3 is 5.32 Å². The number of carbonyl (C=O) groups excluding carboxylic acids is 1. The van der Waals surface area contributed by atoms with Gasteiger partial charge in [0.2, 0.25) is 0 Å². The largest absolute Gasteiger partial charge is 0.321 e. The fourth-order valence-electron chi connectivity index (χ4n) is 1.82. The molecule has 0 aliphatic rings. The first-order chi connectivity index (χ1) is 9.90. The number of anilines is 1. The summed E-state index contributed by atoms with van der Waals surface area (Å²) in [5.74, 6) is -0.341. The molecule has 1 amide bonds. The second kappa shape index (κ2) is 6.36. The molecule has 0 heterocycles. The zero-order valence-electron chi connectivity index (χ0n) is 10.9. The van der Waals surface area contributed by atoms with E-state index in [1.54, 1.807) is 31.2 Å². The van der Waals surface area contributed by atoms with Crippen molar-refractivity contribution < 1.29 is 9.72 Å². The first-order valence-corrected chi connectivity index (χ1v) is 7.49. The molecule has 0 aliphatic carbocycles. The smallest absolute Gasteiger partial charge is 0.274 e. The van der Waals surface area contributed by atoms with Gasteiger partial charge >= 0.3 is 0 Å². The van der Waals surface area contributed by atoms with E-state index in [4.69, 9.17) is 0 Å². The molecule has 0 saturated carbocycles. The average Bonchev–Trinajstić information content (AvgIpc) is 2.43. The molecule has 21 heavy (non-hydrogen) atoms. The zero-order chi connectivity index (χ0) is 15.6. The number of amides is 1. The molecule has 0 unspecified atom stereocenters. The minimum atomic E-state index is -0.472. The Kier molecular flexibility index (Phi) is 4.74. The maximum Gasteiger partial charge on any atom is 0.274 e. The van der Waals surface area contributed by atoms with Crippen molar-refractivity contribution >= 4 is 49.1 Å². The van der Waals surface area contributed by atoms with Crippen molar-refractivity contribution in [1.29, 1.82) is 0 Å². The maximum atomic E-state index is 12.3. The van der Waals surface area contributed by atoms with E-state index >= 15 is 0 Å². The quantitative estimate of drug-likeness (QED) is 0.586. The molecule has 108 valence electrons. The van der Waals surface area contributed by atoms with Crippen molar-refractivity contribution in [2.45, 2.75) is 6.92 Å². The lowest BCUT2D eigenvalue weighted by atomic mass is 10.1. The third-order valence-electron chi connectivity index (χ3n) is 2.92. The highest BCUT2D eigenvalue weighted by molar-refractivity contribution is 9.11. The van der Waals surface area contributed by atoms with Gasteiger partial charge in [-0.25, -0.2) is 0 Å². The van der Waals surface area contributed by atoms with E-state index in [0.29, 0.717) is 21.3 Å². The van der Waals surface area contributed by atoms with Crippen LogP contribution in [0.4, 0.5) is 11.4 Å². The van der Waals surface area contributed by atoms with Gasteiger partial charge in [0, 0.05) is 15.0 Å². The highest BCUT2D eigenvalue weighted by atomic mass is 79.9. The summed E-state index contributed by atoms with van der Waals surface area (Å²) in [5.41, 5.74) is 1.25. The fourth-order valence-corrected chi connectivity index (χ4v) is 2.61. The van der Waals surface area contributed by atoms with Gasteiger partial charge in [0.15, 0.2) is 0 Å². The highest BCUT2D eigenvalue weighted by Gasteiger charge is 2.16. The van der Waals surface area contributed by atoms with Crippen LogP contribution in [0.1, 0.15) is 15.9 Å². The topological polar surface area (TPSA) is 72.2 Å². The Morgan fingerprint density at radius 3 is 2.62 bits per heavy atom. The van der Waals surface area contributed by atoms with Crippen molar-refractivity contribution in [3.63, 3.8) is 0 Å². The van der Waals surface area contributed by atoms with Crippen LogP contribution in [0.5, 0.6) is 0 Å². The minimum absolute atomic E-state index is 0.0268. The van der Waals surface area contributed by atoms with E-state index in [9.17, 15) is 14.9 Å². The summed E-state index contributed by atoms with van der Waals surface area (Å²) in [7, 11) is 0. The number of nitrogens with zero attached hydrogens (tertiary/aromatic N) is 1. The number of rotatable bonds is 3. The second-order valence-electron chi connectivity index (χ2n) is 4.29. The molecule has 0 atom stereocenters. The summed E-state index contributed by atoms with van der Waals surface area (Å²) in [6.45, 7) is 1.60. The lowest BCUT2D eigenvalue weighted by molar-refractivity contribution is -0.385. The van der Waals surface area contributed by atoms with Gasteiger partial charge in [-0.1, -0.05) is 22.0 Å². The summed E-state index contributed by atoms with van der Waals surface area (Å²) in [4.78, 5) is 22.7. The number of carbonyl (C=O) groups is 1. The van der Waals surface area contributed by atoms with E-state index in [1.165, 1.54) is 12.1 Å². The molecule has 5 nitrogen and oxygen atoms in total. The van der Waals surface area contributed by atoms with Gasteiger partial charge in [-0.2, -0.15) is 0 Å². The first kappa shape index (κ1) is 15.7. The molecule has 0 fully saturated rings. The maximum absolute atomic E-state index is 12.3. The Hall–Kier alpha value is -1.73. The Morgan fingerprint density at radius 1 is 1.24 bits per heavy atom. The van der Waals surface area contributed by atoms with E-state index in [2.05, 4.69) is 37.2 Å². The molecule has 2 aromatic rings. The van der Waals surface area contributed by atoms with E-state index in [-0.39, 0.29) is 11.6 Å². The van der Waals surface area contributed by atoms with Gasteiger partial charge in [-0.15, -0.1) is 0 Å². The molecule has 2 aromatic carbocycles. The summed E-state index contributed by atoms with van der Waals surface area (Å²) in [6, 6.07) is 9.80. The standard InChI is InChI=1S/C14H10Br2N2O3/c1-8-12(3-2-4-13(8)18(20)21)17-14(19)10-7-9(15)5-6-11(10)16/h2-7H,1H3,(H,17,19). The van der Waals surface area contributed by atoms with Gasteiger partial charge in [-0.3, -0.25) is 14.9 Å². The first-order valence-electron chi connectivity index (χ1n) is 5.90. The number of hydrogen-bond acceptors (Lipinski definition) is 3. The van der Waals surface area contributed by atoms with Gasteiger partial charge in [0.25, 0.3) is 11.6 Å². The van der Waals surface area contributed by atoms with Crippen LogP contribution >= 0.6 is 31.9 Å². The zero-order valence-corrected chi connectivity index (χ0v) is 14.1. The molecule has 0 spiro atoms. The van der Waals surface area contributed by atoms with Crippen molar-refractivity contribution in [3.05, 3.63) is 66.6 Å². The van der Waals surface area contributed by atoms with Gasteiger partial charge in [-0.05, 0) is 47.1 Å². The molecule has 7 heteroatoms. The second-order valence-corrected chi connectivity index (χ2v) is 6.06. The van der Waals surface area contributed by atoms with E-state index in [1.807, 2.05) is 0 Å². The third kappa shape index (κ3) is 3.48. The lowest BCUT2D eigenvalue weighted by Gasteiger charge is -2.10. The predicted molar refractivity (Wildman–Crippen MR) is 87.6 cm³/mol. The summed E-state index contributed by atoms with van der Waals surface area (Å²) >= 11 is 6.62. The molecule has 2 rings (SSSR count). The minimum Gasteiger partial charge on any atom is -0.321 e. The van der Waals surface area contributed by atoms with Crippen molar-refractivity contribution in [3.8, 4) is 0 Å². The molecule has 1 N–H and O–H groups in total. The predicted octanol–water partition coefficient (Wildman–Crippen LogP) is 4.68. The van der Waals surface area contributed by atoms with Crippen molar-refractivity contribution in [2.24, 2.45) is 0 Å². The number of halogens is 2. The normalized spacial score (nSPS) is 10.2. The number of nitro benzene ring substituents is 1. The SMILES string of the molecule is Cc1c(NC(=O)c2cc(Br)ccc2Br)cccc1[N+](=O)[O-]. The summed E-state index contributed by atoms with van der Waals surface area (Å²) in [6.07, 6.45) is 0. The summed E-state index contributed by atoms with van der Waals surface area (Å²) in [5, 5.41) is 13.6. The fraction of sp³-hybridized carbons (Fsp3) is 0.0714. The Bertz CT molecular complexity index is 732. The average molecular weight is 414 g/mol. The van der Waals surface area contributed by atoms with Crippen LogP contribution in [-0.4, -0.2) is 10.8 Å². The van der Waals surface area contributed by atoms with Crippen molar-refractivity contribution in [1.82, 2.24) is 0 Å². The monoisotopic (exact) mass is 412 g/mol. The van der Waals surface area contributed by atoms with Gasteiger partial charge in [0.1, 0.15) is 0 Å². The lowest BCUT2D eigenvalue weighted by Crippen LogP contribution is -2.14. The van der Waals surface area contributed by atoms with Crippen LogP contribution in [0, 0.1) is 17.0 Å². The van der Waals surface area contributed by atoms with Crippen LogP contribution < -0.4 is 5.32 Å². The van der Waals surface area contributed by atoms with Crippen molar-refractivity contribution in [2.75, 3.05) is 5.32 Å². The Balaban J connectivity index is 2.34. The van der Waals surface area contributed by atoms with Crippen LogP contribution in [0.2, 0.25) is 0 Å². The highest BCUT2D eigenvalue weighted by Crippen LogP contribution is 2.27.